The fourth-order valence-electron chi connectivity index (χ4n) is 1.98. The Morgan fingerprint density at radius 2 is 1.46 bits per heavy atom. The molecule has 12 nitrogen and oxygen atoms in total. The Balaban J connectivity index is 4.97. The van der Waals surface area contributed by atoms with Gasteiger partial charge in [0.1, 0.15) is 12.1 Å². The molecule has 26 heavy (non-hydrogen) atoms. The lowest BCUT2D eigenvalue weighted by Gasteiger charge is -2.21. The lowest BCUT2D eigenvalue weighted by atomic mass is 10.1. The minimum Gasteiger partial charge on any atom is -0.481 e. The van der Waals surface area contributed by atoms with E-state index in [0.717, 1.165) is 0 Å². The monoisotopic (exact) mass is 375 g/mol. The van der Waals surface area contributed by atoms with E-state index in [-0.39, 0.29) is 6.42 Å². The molecule has 3 atom stereocenters. The van der Waals surface area contributed by atoms with Crippen LogP contribution >= 0.6 is 0 Å². The topological polar surface area (TPSA) is 228 Å². The summed E-state index contributed by atoms with van der Waals surface area (Å²) in [5, 5.41) is 22.0. The molecular weight excluding hydrogens is 350 g/mol. The van der Waals surface area contributed by atoms with Crippen molar-refractivity contribution >= 4 is 29.7 Å². The van der Waals surface area contributed by atoms with Gasteiger partial charge in [0.25, 0.3) is 0 Å². The van der Waals surface area contributed by atoms with Crippen LogP contribution in [0.2, 0.25) is 0 Å². The van der Waals surface area contributed by atoms with Gasteiger partial charge in [0.2, 0.25) is 17.7 Å². The first-order valence-electron chi connectivity index (χ1n) is 7.87. The highest BCUT2D eigenvalue weighted by Crippen LogP contribution is 2.02. The molecule has 0 unspecified atom stereocenters. The number of aliphatic carboxylic acids is 2. The lowest BCUT2D eigenvalue weighted by molar-refractivity contribution is -0.144. The summed E-state index contributed by atoms with van der Waals surface area (Å²) in [6.45, 7) is 0.425. The van der Waals surface area contributed by atoms with E-state index >= 15 is 0 Å². The predicted octanol–water partition coefficient (Wildman–Crippen LogP) is -3.15. The van der Waals surface area contributed by atoms with Crippen LogP contribution in [0.4, 0.5) is 0 Å². The maximum Gasteiger partial charge on any atom is 0.326 e. The number of hydrogen-bond acceptors (Lipinski definition) is 7. The first-order chi connectivity index (χ1) is 12.1. The summed E-state index contributed by atoms with van der Waals surface area (Å²) in [7, 11) is 0. The Bertz CT molecular complexity index is 540. The van der Waals surface area contributed by atoms with E-state index in [1.165, 1.54) is 0 Å². The molecule has 0 rings (SSSR count). The number of unbranched alkanes of at least 4 members (excludes halogenated alkanes) is 1. The number of carboxylic acids is 2. The fraction of sp³-hybridized carbons (Fsp3) is 0.643. The maximum atomic E-state index is 12.1. The Morgan fingerprint density at radius 1 is 0.885 bits per heavy atom. The zero-order valence-electron chi connectivity index (χ0n) is 14.1. The molecule has 0 aromatic heterocycles. The van der Waals surface area contributed by atoms with Crippen LogP contribution in [0.5, 0.6) is 0 Å². The van der Waals surface area contributed by atoms with Gasteiger partial charge in [-0.05, 0) is 19.4 Å². The van der Waals surface area contributed by atoms with E-state index in [0.29, 0.717) is 19.4 Å². The van der Waals surface area contributed by atoms with E-state index in [4.69, 9.17) is 27.4 Å². The zero-order valence-corrected chi connectivity index (χ0v) is 14.1. The number of nitrogens with one attached hydrogen (secondary N) is 2. The highest BCUT2D eigenvalue weighted by molar-refractivity contribution is 5.94. The number of nitrogens with two attached hydrogens (primary N) is 3. The first kappa shape index (κ1) is 23.3. The molecule has 0 aliphatic rings. The smallest absolute Gasteiger partial charge is 0.326 e. The second kappa shape index (κ2) is 11.8. The maximum absolute atomic E-state index is 12.1. The van der Waals surface area contributed by atoms with Crippen LogP contribution in [0.25, 0.3) is 0 Å². The second-order valence-electron chi connectivity index (χ2n) is 5.62. The van der Waals surface area contributed by atoms with Crippen molar-refractivity contribution in [3.05, 3.63) is 0 Å². The van der Waals surface area contributed by atoms with Crippen LogP contribution in [-0.2, 0) is 24.0 Å². The number of amides is 3. The number of carbonyl (C=O) groups excluding carboxylic acids is 3. The molecule has 0 bridgehead atoms. The van der Waals surface area contributed by atoms with E-state index in [9.17, 15) is 24.0 Å². The average molecular weight is 375 g/mol. The molecule has 148 valence electrons. The lowest BCUT2D eigenvalue weighted by Crippen LogP contribution is -2.55. The molecule has 0 aliphatic carbocycles. The van der Waals surface area contributed by atoms with Gasteiger partial charge < -0.3 is 38.0 Å². The molecule has 0 aliphatic heterocycles. The van der Waals surface area contributed by atoms with Gasteiger partial charge in [-0.15, -0.1) is 0 Å². The van der Waals surface area contributed by atoms with Gasteiger partial charge in [-0.3, -0.25) is 19.2 Å². The molecule has 0 saturated heterocycles. The van der Waals surface area contributed by atoms with Gasteiger partial charge >= 0.3 is 11.9 Å². The van der Waals surface area contributed by atoms with Crippen molar-refractivity contribution in [3.63, 3.8) is 0 Å². The highest BCUT2D eigenvalue weighted by Gasteiger charge is 2.30. The Kier molecular flexibility index (Phi) is 10.5. The summed E-state index contributed by atoms with van der Waals surface area (Å²) in [6, 6.07) is -4.19. The molecule has 0 saturated carbocycles. The zero-order chi connectivity index (χ0) is 20.3. The van der Waals surface area contributed by atoms with E-state index in [1.54, 1.807) is 0 Å². The molecule has 0 heterocycles. The van der Waals surface area contributed by atoms with Crippen molar-refractivity contribution in [2.75, 3.05) is 6.54 Å². The molecular formula is C14H25N5O7. The van der Waals surface area contributed by atoms with Crippen molar-refractivity contribution < 1.29 is 34.2 Å². The van der Waals surface area contributed by atoms with Crippen molar-refractivity contribution in [1.82, 2.24) is 10.6 Å². The standard InChI is InChI=1S/C14H25N5O7/c15-4-2-1-3-7(16)12(23)18-8(6-11(21)22)13(24)19-9(14(25)26)5-10(17)20/h7-9H,1-6,15-16H2,(H2,17,20)(H,18,23)(H,19,24)(H,21,22)(H,25,26)/t7-,8-,9-/m0/s1. The highest BCUT2D eigenvalue weighted by atomic mass is 16.4. The summed E-state index contributed by atoms with van der Waals surface area (Å²) < 4.78 is 0. The van der Waals surface area contributed by atoms with Crippen LogP contribution in [0.1, 0.15) is 32.1 Å². The summed E-state index contributed by atoms with van der Waals surface area (Å²) in [6.07, 6.45) is 0.0152. The molecule has 0 aromatic rings. The van der Waals surface area contributed by atoms with Crippen molar-refractivity contribution in [3.8, 4) is 0 Å². The SMILES string of the molecule is NCCCC[C@H](N)C(=O)N[C@@H](CC(=O)O)C(=O)N[C@@H](CC(N)=O)C(=O)O. The molecule has 0 fully saturated rings. The number of hydrogen-bond donors (Lipinski definition) is 7. The fourth-order valence-corrected chi connectivity index (χ4v) is 1.98. The minimum atomic E-state index is -1.65. The summed E-state index contributed by atoms with van der Waals surface area (Å²) in [5.41, 5.74) is 15.9. The molecule has 0 radical (unpaired) electrons. The van der Waals surface area contributed by atoms with Crippen LogP contribution < -0.4 is 27.8 Å². The van der Waals surface area contributed by atoms with Gasteiger partial charge in [-0.25, -0.2) is 4.79 Å². The number of carboxylic acid groups (broad SMARTS) is 2. The van der Waals surface area contributed by atoms with E-state index < -0.39 is 60.6 Å². The van der Waals surface area contributed by atoms with E-state index in [2.05, 4.69) is 5.32 Å². The third-order valence-electron chi connectivity index (χ3n) is 3.34. The summed E-state index contributed by atoms with van der Waals surface area (Å²) in [5.74, 6) is -5.74. The van der Waals surface area contributed by atoms with Crippen molar-refractivity contribution in [2.45, 2.75) is 50.2 Å². The third-order valence-corrected chi connectivity index (χ3v) is 3.34. The number of primary amides is 1. The van der Waals surface area contributed by atoms with E-state index in [1.807, 2.05) is 5.32 Å². The number of carbonyl (C=O) groups is 5. The molecule has 0 aromatic carbocycles. The predicted molar refractivity (Wildman–Crippen MR) is 88.4 cm³/mol. The normalized spacial score (nSPS) is 13.9. The Morgan fingerprint density at radius 3 is 1.92 bits per heavy atom. The van der Waals surface area contributed by atoms with Crippen molar-refractivity contribution in [2.24, 2.45) is 17.2 Å². The Labute approximate surface area is 149 Å². The summed E-state index contributed by atoms with van der Waals surface area (Å²) >= 11 is 0. The minimum absolute atomic E-state index is 0.282. The largest absolute Gasteiger partial charge is 0.481 e. The van der Waals surface area contributed by atoms with Crippen LogP contribution in [-0.4, -0.2) is 64.5 Å². The van der Waals surface area contributed by atoms with Gasteiger partial charge in [-0.2, -0.15) is 0 Å². The first-order valence-corrected chi connectivity index (χ1v) is 7.87. The Hall–Kier alpha value is -2.73. The average Bonchev–Trinajstić information content (AvgIpc) is 2.52. The van der Waals surface area contributed by atoms with Crippen LogP contribution in [0, 0.1) is 0 Å². The molecule has 3 amide bonds. The van der Waals surface area contributed by atoms with Crippen LogP contribution in [0.15, 0.2) is 0 Å². The molecule has 0 spiro atoms. The van der Waals surface area contributed by atoms with Crippen molar-refractivity contribution in [1.29, 1.82) is 0 Å². The van der Waals surface area contributed by atoms with Gasteiger partial charge in [-0.1, -0.05) is 6.42 Å². The quantitative estimate of drug-likeness (QED) is 0.161. The van der Waals surface area contributed by atoms with Gasteiger partial charge in [0.15, 0.2) is 0 Å². The second-order valence-corrected chi connectivity index (χ2v) is 5.62. The number of rotatable bonds is 13. The molecule has 12 heteroatoms. The van der Waals surface area contributed by atoms with Crippen LogP contribution in [0.3, 0.4) is 0 Å². The third kappa shape index (κ3) is 9.54. The summed E-state index contributed by atoms with van der Waals surface area (Å²) in [4.78, 5) is 56.9. The van der Waals surface area contributed by atoms with Gasteiger partial charge in [0.05, 0.1) is 18.9 Å². The van der Waals surface area contributed by atoms with Gasteiger partial charge in [0, 0.05) is 0 Å². The molecule has 10 N–H and O–H groups in total.